The van der Waals surface area contributed by atoms with Gasteiger partial charge in [-0.05, 0) is 30.7 Å². The number of rotatable bonds is 4. The fraction of sp³-hybridized carbons (Fsp3) is 0.318. The minimum atomic E-state index is -0.600. The van der Waals surface area contributed by atoms with Gasteiger partial charge in [-0.25, -0.2) is 0 Å². The molecule has 4 rings (SSSR count). The SMILES string of the molecule is Cc1c([C@@H](C)[C@H]2NC(=O)[C@H](Cc3ccccn3)NC2=O)c2ccccc2n1C. The smallest absolute Gasteiger partial charge is 0.243 e. The quantitative estimate of drug-likeness (QED) is 0.733. The summed E-state index contributed by atoms with van der Waals surface area (Å²) >= 11 is 0. The number of nitrogens with one attached hydrogen (secondary N) is 2. The third-order valence-corrected chi connectivity index (χ3v) is 5.76. The first-order valence-corrected chi connectivity index (χ1v) is 9.52. The number of carbonyl (C=O) groups is 2. The second kappa shape index (κ2) is 7.11. The van der Waals surface area contributed by atoms with Gasteiger partial charge in [0.05, 0.1) is 0 Å². The average Bonchev–Trinajstić information content (AvgIpc) is 2.95. The zero-order valence-electron chi connectivity index (χ0n) is 16.3. The van der Waals surface area contributed by atoms with Crippen LogP contribution < -0.4 is 10.6 Å². The minimum Gasteiger partial charge on any atom is -0.348 e. The van der Waals surface area contributed by atoms with Crippen molar-refractivity contribution in [3.63, 3.8) is 0 Å². The molecule has 1 aliphatic heterocycles. The molecule has 1 fully saturated rings. The van der Waals surface area contributed by atoms with Gasteiger partial charge in [0, 0.05) is 47.9 Å². The van der Waals surface area contributed by atoms with Crippen molar-refractivity contribution in [2.45, 2.75) is 38.3 Å². The standard InChI is InChI=1S/C22H24N4O2/c1-13(19-14(2)26(3)18-10-5-4-9-16(18)19)20-22(28)24-17(21(27)25-20)12-15-8-6-7-11-23-15/h4-11,13,17,20H,12H2,1-3H3,(H,24,28)(H,25,27)/t13-,17+,20-/m1/s1. The van der Waals surface area contributed by atoms with Gasteiger partial charge in [-0.2, -0.15) is 0 Å². The molecule has 28 heavy (non-hydrogen) atoms. The first-order valence-electron chi connectivity index (χ1n) is 9.52. The van der Waals surface area contributed by atoms with E-state index in [-0.39, 0.29) is 17.7 Å². The molecule has 1 saturated heterocycles. The number of carbonyl (C=O) groups excluding carboxylic acids is 2. The maximum Gasteiger partial charge on any atom is 0.243 e. The van der Waals surface area contributed by atoms with Crippen molar-refractivity contribution in [2.75, 3.05) is 0 Å². The maximum absolute atomic E-state index is 12.9. The second-order valence-electron chi connectivity index (χ2n) is 7.44. The fourth-order valence-electron chi connectivity index (χ4n) is 4.16. The van der Waals surface area contributed by atoms with Gasteiger partial charge in [0.25, 0.3) is 0 Å². The van der Waals surface area contributed by atoms with E-state index >= 15 is 0 Å². The van der Waals surface area contributed by atoms with Gasteiger partial charge in [-0.1, -0.05) is 31.2 Å². The zero-order chi connectivity index (χ0) is 19.8. The van der Waals surface area contributed by atoms with Crippen molar-refractivity contribution in [3.05, 3.63) is 65.6 Å². The predicted molar refractivity (Wildman–Crippen MR) is 108 cm³/mol. The minimum absolute atomic E-state index is 0.147. The lowest BCUT2D eigenvalue weighted by Gasteiger charge is -2.33. The fourth-order valence-corrected chi connectivity index (χ4v) is 4.16. The third-order valence-electron chi connectivity index (χ3n) is 5.76. The van der Waals surface area contributed by atoms with Gasteiger partial charge >= 0.3 is 0 Å². The molecule has 6 heteroatoms. The predicted octanol–water partition coefficient (Wildman–Crippen LogP) is 2.21. The summed E-state index contributed by atoms with van der Waals surface area (Å²) in [5.41, 5.74) is 4.10. The van der Waals surface area contributed by atoms with Crippen LogP contribution in [0.5, 0.6) is 0 Å². The Hall–Kier alpha value is -3.15. The van der Waals surface area contributed by atoms with Crippen molar-refractivity contribution in [2.24, 2.45) is 7.05 Å². The summed E-state index contributed by atoms with van der Waals surface area (Å²) in [5.74, 6) is -0.466. The van der Waals surface area contributed by atoms with Gasteiger partial charge in [0.15, 0.2) is 0 Å². The monoisotopic (exact) mass is 376 g/mol. The van der Waals surface area contributed by atoms with Crippen LogP contribution in [0.3, 0.4) is 0 Å². The highest BCUT2D eigenvalue weighted by Gasteiger charge is 2.38. The van der Waals surface area contributed by atoms with Crippen molar-refractivity contribution < 1.29 is 9.59 Å². The van der Waals surface area contributed by atoms with Crippen LogP contribution in [0.4, 0.5) is 0 Å². The largest absolute Gasteiger partial charge is 0.348 e. The van der Waals surface area contributed by atoms with E-state index in [1.807, 2.05) is 44.3 Å². The number of para-hydroxylation sites is 1. The summed E-state index contributed by atoms with van der Waals surface area (Å²) in [6.07, 6.45) is 2.07. The van der Waals surface area contributed by atoms with Crippen molar-refractivity contribution in [1.29, 1.82) is 0 Å². The molecule has 2 N–H and O–H groups in total. The molecular weight excluding hydrogens is 352 g/mol. The summed E-state index contributed by atoms with van der Waals surface area (Å²) in [7, 11) is 2.02. The first-order chi connectivity index (χ1) is 13.5. The molecule has 0 unspecified atom stereocenters. The van der Waals surface area contributed by atoms with Gasteiger partial charge in [-0.3, -0.25) is 14.6 Å². The molecule has 6 nitrogen and oxygen atoms in total. The summed E-state index contributed by atoms with van der Waals surface area (Å²) in [4.78, 5) is 29.8. The van der Waals surface area contributed by atoms with E-state index in [1.54, 1.807) is 6.20 Å². The second-order valence-corrected chi connectivity index (χ2v) is 7.44. The van der Waals surface area contributed by atoms with Crippen molar-refractivity contribution >= 4 is 22.7 Å². The van der Waals surface area contributed by atoms with Crippen LogP contribution in [0.2, 0.25) is 0 Å². The number of piperazine rings is 1. The number of amides is 2. The molecule has 144 valence electrons. The molecule has 2 aromatic heterocycles. The van der Waals surface area contributed by atoms with Crippen LogP contribution in [-0.2, 0) is 23.1 Å². The van der Waals surface area contributed by atoms with Crippen LogP contribution in [0, 0.1) is 6.92 Å². The van der Waals surface area contributed by atoms with Crippen LogP contribution in [0.25, 0.3) is 10.9 Å². The van der Waals surface area contributed by atoms with Gasteiger partial charge < -0.3 is 15.2 Å². The zero-order valence-corrected chi connectivity index (χ0v) is 16.3. The maximum atomic E-state index is 12.9. The summed E-state index contributed by atoms with van der Waals surface area (Å²) in [5, 5.41) is 6.96. The number of nitrogens with zero attached hydrogens (tertiary/aromatic N) is 2. The number of fused-ring (bicyclic) bond motifs is 1. The Bertz CT molecular complexity index is 1040. The van der Waals surface area contributed by atoms with Crippen LogP contribution in [0.1, 0.15) is 29.8 Å². The molecule has 0 saturated carbocycles. The molecule has 3 atom stereocenters. The third kappa shape index (κ3) is 3.05. The first kappa shape index (κ1) is 18.2. The van der Waals surface area contributed by atoms with E-state index in [2.05, 4.69) is 39.2 Å². The average molecular weight is 376 g/mol. The molecule has 3 heterocycles. The number of benzene rings is 1. The molecule has 1 aliphatic rings. The van der Waals surface area contributed by atoms with Gasteiger partial charge in [0.2, 0.25) is 11.8 Å². The van der Waals surface area contributed by atoms with E-state index in [0.29, 0.717) is 6.42 Å². The molecule has 0 radical (unpaired) electrons. The van der Waals surface area contributed by atoms with Crippen molar-refractivity contribution in [1.82, 2.24) is 20.2 Å². The number of pyridine rings is 1. The molecular formula is C22H24N4O2. The molecule has 0 aliphatic carbocycles. The van der Waals surface area contributed by atoms with Crippen LogP contribution >= 0.6 is 0 Å². The Morgan fingerprint density at radius 2 is 1.82 bits per heavy atom. The Morgan fingerprint density at radius 1 is 1.07 bits per heavy atom. The highest BCUT2D eigenvalue weighted by molar-refractivity contribution is 5.98. The normalized spacial score (nSPS) is 20.7. The number of aryl methyl sites for hydroxylation is 1. The summed E-state index contributed by atoms with van der Waals surface area (Å²) in [6.45, 7) is 4.05. The van der Waals surface area contributed by atoms with E-state index in [1.165, 1.54) is 0 Å². The van der Waals surface area contributed by atoms with E-state index in [9.17, 15) is 9.59 Å². The summed E-state index contributed by atoms with van der Waals surface area (Å²) < 4.78 is 2.13. The summed E-state index contributed by atoms with van der Waals surface area (Å²) in [6, 6.07) is 12.5. The highest BCUT2D eigenvalue weighted by atomic mass is 16.2. The molecule has 0 bridgehead atoms. The molecule has 3 aromatic rings. The Labute approximate surface area is 164 Å². The Morgan fingerprint density at radius 3 is 2.57 bits per heavy atom. The topological polar surface area (TPSA) is 76.0 Å². The van der Waals surface area contributed by atoms with Crippen LogP contribution in [-0.4, -0.2) is 33.4 Å². The lowest BCUT2D eigenvalue weighted by Crippen LogP contribution is -2.63. The highest BCUT2D eigenvalue weighted by Crippen LogP contribution is 2.33. The lowest BCUT2D eigenvalue weighted by atomic mass is 9.88. The lowest BCUT2D eigenvalue weighted by molar-refractivity contribution is -0.137. The molecule has 2 amide bonds. The Kier molecular flexibility index (Phi) is 4.63. The molecule has 0 spiro atoms. The number of aromatic nitrogens is 2. The molecule has 1 aromatic carbocycles. The van der Waals surface area contributed by atoms with E-state index in [0.717, 1.165) is 27.9 Å². The van der Waals surface area contributed by atoms with Crippen molar-refractivity contribution in [3.8, 4) is 0 Å². The van der Waals surface area contributed by atoms with Gasteiger partial charge in [0.1, 0.15) is 12.1 Å². The van der Waals surface area contributed by atoms with E-state index < -0.39 is 12.1 Å². The number of hydrogen-bond donors (Lipinski definition) is 2. The Balaban J connectivity index is 1.59. The number of hydrogen-bond acceptors (Lipinski definition) is 3. The van der Waals surface area contributed by atoms with Gasteiger partial charge in [-0.15, -0.1) is 0 Å². The van der Waals surface area contributed by atoms with Crippen LogP contribution in [0.15, 0.2) is 48.7 Å². The van der Waals surface area contributed by atoms with E-state index in [4.69, 9.17) is 0 Å².